The normalized spacial score (nSPS) is 11.5. The van der Waals surface area contributed by atoms with E-state index in [1.54, 1.807) is 0 Å². The zero-order valence-electron chi connectivity index (χ0n) is 11.2. The first-order valence-corrected chi connectivity index (χ1v) is 8.97. The SMILES string of the molecule is CCCCCCNS(=O)(=O)c1ccc(I)c(C(=O)O)c1. The molecule has 0 aliphatic heterocycles. The number of aromatic carboxylic acids is 1. The molecule has 0 fully saturated rings. The van der Waals surface area contributed by atoms with Crippen molar-refractivity contribution in [1.82, 2.24) is 4.72 Å². The highest BCUT2D eigenvalue weighted by Crippen LogP contribution is 2.18. The van der Waals surface area contributed by atoms with Gasteiger partial charge in [-0.25, -0.2) is 17.9 Å². The van der Waals surface area contributed by atoms with Gasteiger partial charge in [-0.1, -0.05) is 26.2 Å². The molecule has 1 rings (SSSR count). The number of unbranched alkanes of at least 4 members (excludes halogenated alkanes) is 3. The van der Waals surface area contributed by atoms with E-state index in [9.17, 15) is 13.2 Å². The quantitative estimate of drug-likeness (QED) is 0.509. The molecule has 0 saturated carbocycles. The Morgan fingerprint density at radius 3 is 2.60 bits per heavy atom. The van der Waals surface area contributed by atoms with Crippen molar-refractivity contribution in [3.05, 3.63) is 27.3 Å². The molecule has 0 spiro atoms. The number of hydrogen-bond acceptors (Lipinski definition) is 3. The molecule has 0 aromatic heterocycles. The van der Waals surface area contributed by atoms with E-state index < -0.39 is 16.0 Å². The van der Waals surface area contributed by atoms with Crippen LogP contribution < -0.4 is 4.72 Å². The molecule has 1 aromatic carbocycles. The minimum absolute atomic E-state index is 0.000502. The third kappa shape index (κ3) is 5.02. The summed E-state index contributed by atoms with van der Waals surface area (Å²) < 4.78 is 27.1. The molecule has 5 nitrogen and oxygen atoms in total. The summed E-state index contributed by atoms with van der Waals surface area (Å²) >= 11 is 1.87. The molecule has 20 heavy (non-hydrogen) atoms. The van der Waals surface area contributed by atoms with Crippen LogP contribution in [0.15, 0.2) is 23.1 Å². The third-order valence-corrected chi connectivity index (χ3v) is 5.20. The maximum Gasteiger partial charge on any atom is 0.336 e. The predicted molar refractivity (Wildman–Crippen MR) is 85.4 cm³/mol. The summed E-state index contributed by atoms with van der Waals surface area (Å²) in [4.78, 5) is 11.0. The van der Waals surface area contributed by atoms with Crippen LogP contribution in [-0.4, -0.2) is 26.0 Å². The second kappa shape index (κ2) is 7.94. The smallest absolute Gasteiger partial charge is 0.336 e. The number of benzene rings is 1. The summed E-state index contributed by atoms with van der Waals surface area (Å²) in [5, 5.41) is 9.01. The summed E-state index contributed by atoms with van der Waals surface area (Å²) in [5.41, 5.74) is -0.000502. The summed E-state index contributed by atoms with van der Waals surface area (Å²) in [7, 11) is -3.64. The highest BCUT2D eigenvalue weighted by atomic mass is 127. The lowest BCUT2D eigenvalue weighted by atomic mass is 10.2. The van der Waals surface area contributed by atoms with Gasteiger partial charge in [-0.15, -0.1) is 0 Å². The van der Waals surface area contributed by atoms with Gasteiger partial charge in [0.25, 0.3) is 0 Å². The molecule has 7 heteroatoms. The van der Waals surface area contributed by atoms with Crippen molar-refractivity contribution in [2.75, 3.05) is 6.54 Å². The van der Waals surface area contributed by atoms with Crippen molar-refractivity contribution >= 4 is 38.6 Å². The molecule has 0 unspecified atom stereocenters. The lowest BCUT2D eigenvalue weighted by molar-refractivity contribution is 0.0695. The Hall–Kier alpha value is -0.670. The van der Waals surface area contributed by atoms with Gasteiger partial charge in [0.05, 0.1) is 10.5 Å². The molecule has 0 heterocycles. The molecule has 0 amide bonds. The summed E-state index contributed by atoms with van der Waals surface area (Å²) in [6.07, 6.45) is 3.93. The Bertz CT molecular complexity index is 572. The number of rotatable bonds is 8. The van der Waals surface area contributed by atoms with Gasteiger partial charge in [0.2, 0.25) is 10.0 Å². The van der Waals surface area contributed by atoms with Gasteiger partial charge in [-0.2, -0.15) is 0 Å². The van der Waals surface area contributed by atoms with E-state index in [1.807, 2.05) is 22.6 Å². The van der Waals surface area contributed by atoms with Crippen LogP contribution in [-0.2, 0) is 10.0 Å². The maximum absolute atomic E-state index is 12.0. The number of carbonyl (C=O) groups is 1. The minimum atomic E-state index is -3.64. The first-order chi connectivity index (χ1) is 9.38. The van der Waals surface area contributed by atoms with Crippen molar-refractivity contribution in [3.8, 4) is 0 Å². The monoisotopic (exact) mass is 411 g/mol. The Labute approximate surface area is 133 Å². The molecule has 112 valence electrons. The molecule has 0 bridgehead atoms. The Morgan fingerprint density at radius 2 is 2.00 bits per heavy atom. The molecule has 1 aromatic rings. The predicted octanol–water partition coefficient (Wildman–Crippen LogP) is 2.85. The fraction of sp³-hybridized carbons (Fsp3) is 0.462. The van der Waals surface area contributed by atoms with Crippen molar-refractivity contribution < 1.29 is 18.3 Å². The van der Waals surface area contributed by atoms with Gasteiger partial charge in [0.1, 0.15) is 0 Å². The molecule has 0 aliphatic rings. The fourth-order valence-corrected chi connectivity index (χ4v) is 3.34. The zero-order valence-corrected chi connectivity index (χ0v) is 14.2. The van der Waals surface area contributed by atoms with Crippen molar-refractivity contribution in [1.29, 1.82) is 0 Å². The summed E-state index contributed by atoms with van der Waals surface area (Å²) in [5.74, 6) is -1.13. The molecule has 0 atom stereocenters. The number of halogens is 1. The van der Waals surface area contributed by atoms with Crippen LogP contribution in [0.5, 0.6) is 0 Å². The van der Waals surface area contributed by atoms with Gasteiger partial charge in [-0.05, 0) is 47.2 Å². The third-order valence-electron chi connectivity index (χ3n) is 2.80. The zero-order chi connectivity index (χ0) is 15.2. The maximum atomic E-state index is 12.0. The van der Waals surface area contributed by atoms with E-state index >= 15 is 0 Å². The number of sulfonamides is 1. The van der Waals surface area contributed by atoms with Crippen LogP contribution in [0.3, 0.4) is 0 Å². The number of carboxylic acid groups (broad SMARTS) is 1. The van der Waals surface area contributed by atoms with Crippen molar-refractivity contribution in [2.45, 2.75) is 37.5 Å². The fourth-order valence-electron chi connectivity index (χ4n) is 1.68. The Morgan fingerprint density at radius 1 is 1.30 bits per heavy atom. The molecular weight excluding hydrogens is 393 g/mol. The van der Waals surface area contributed by atoms with Gasteiger partial charge >= 0.3 is 5.97 Å². The van der Waals surface area contributed by atoms with Crippen LogP contribution in [0.2, 0.25) is 0 Å². The topological polar surface area (TPSA) is 83.5 Å². The van der Waals surface area contributed by atoms with Crippen LogP contribution in [0.25, 0.3) is 0 Å². The molecule has 0 saturated heterocycles. The second-order valence-electron chi connectivity index (χ2n) is 4.41. The Kier molecular flexibility index (Phi) is 6.90. The van der Waals surface area contributed by atoms with Gasteiger partial charge < -0.3 is 5.11 Å². The van der Waals surface area contributed by atoms with E-state index in [4.69, 9.17) is 5.11 Å². The van der Waals surface area contributed by atoms with Crippen LogP contribution in [0.1, 0.15) is 43.0 Å². The average Bonchev–Trinajstić information content (AvgIpc) is 2.38. The first kappa shape index (κ1) is 17.4. The lowest BCUT2D eigenvalue weighted by Gasteiger charge is -2.08. The van der Waals surface area contributed by atoms with Crippen molar-refractivity contribution in [2.24, 2.45) is 0 Å². The van der Waals surface area contributed by atoms with Crippen LogP contribution >= 0.6 is 22.6 Å². The molecule has 0 radical (unpaired) electrons. The number of nitrogens with one attached hydrogen (secondary N) is 1. The number of carboxylic acids is 1. The summed E-state index contributed by atoms with van der Waals surface area (Å²) in [6, 6.07) is 4.11. The Balaban J connectivity index is 2.77. The van der Waals surface area contributed by atoms with E-state index in [0.717, 1.165) is 25.7 Å². The molecule has 2 N–H and O–H groups in total. The van der Waals surface area contributed by atoms with Gasteiger partial charge in [0.15, 0.2) is 0 Å². The van der Waals surface area contributed by atoms with Gasteiger partial charge in [0, 0.05) is 10.1 Å². The summed E-state index contributed by atoms with van der Waals surface area (Å²) in [6.45, 7) is 2.46. The van der Waals surface area contributed by atoms with Crippen LogP contribution in [0.4, 0.5) is 0 Å². The van der Waals surface area contributed by atoms with E-state index in [-0.39, 0.29) is 10.5 Å². The first-order valence-electron chi connectivity index (χ1n) is 6.41. The minimum Gasteiger partial charge on any atom is -0.478 e. The largest absolute Gasteiger partial charge is 0.478 e. The van der Waals surface area contributed by atoms with Crippen molar-refractivity contribution in [3.63, 3.8) is 0 Å². The second-order valence-corrected chi connectivity index (χ2v) is 7.33. The highest BCUT2D eigenvalue weighted by molar-refractivity contribution is 14.1. The number of hydrogen-bond donors (Lipinski definition) is 2. The van der Waals surface area contributed by atoms with E-state index in [1.165, 1.54) is 18.2 Å². The van der Waals surface area contributed by atoms with E-state index in [0.29, 0.717) is 10.1 Å². The average molecular weight is 411 g/mol. The standard InChI is InChI=1S/C13H18INO4S/c1-2-3-4-5-8-15-20(18,19)10-6-7-12(14)11(9-10)13(16)17/h6-7,9,15H,2-5,8H2,1H3,(H,16,17). The van der Waals surface area contributed by atoms with E-state index in [2.05, 4.69) is 11.6 Å². The van der Waals surface area contributed by atoms with Crippen LogP contribution in [0, 0.1) is 3.57 Å². The van der Waals surface area contributed by atoms with Gasteiger partial charge in [-0.3, -0.25) is 0 Å². The lowest BCUT2D eigenvalue weighted by Crippen LogP contribution is -2.25. The molecular formula is C13H18INO4S. The highest BCUT2D eigenvalue weighted by Gasteiger charge is 2.17. The molecule has 0 aliphatic carbocycles.